The first-order chi connectivity index (χ1) is 19.9. The second-order valence-corrected chi connectivity index (χ2v) is 11.2. The molecule has 0 bridgehead atoms. The molecule has 10 heteroatoms. The van der Waals surface area contributed by atoms with Crippen LogP contribution < -0.4 is 15.4 Å². The first kappa shape index (κ1) is 28.5. The molecule has 0 saturated carbocycles. The van der Waals surface area contributed by atoms with E-state index in [4.69, 9.17) is 20.8 Å². The van der Waals surface area contributed by atoms with Gasteiger partial charge in [-0.15, -0.1) is 6.58 Å². The van der Waals surface area contributed by atoms with Crippen LogP contribution in [-0.4, -0.2) is 32.7 Å². The summed E-state index contributed by atoms with van der Waals surface area (Å²) in [5.41, 5.74) is 3.02. The van der Waals surface area contributed by atoms with Crippen molar-refractivity contribution < 1.29 is 17.8 Å². The molecule has 5 aromatic rings. The Bertz CT molecular complexity index is 1710. The molecule has 2 N–H and O–H groups in total. The molecule has 2 heterocycles. The standard InChI is InChI=1S/C31H28ClFN4O3S/c1-3-13-34-27(18-41(2)38)30-12-11-28(40-30)21-7-9-26-24(15-21)31(36-19-35-26)37-23-8-10-29(25(32)16-23)39-17-20-5-4-6-22(33)14-20/h3-12,14-16,19,27,34H,1,13,17-18H2,2H3,(H,35,36,37)/t27-,41?/m1/s1. The highest BCUT2D eigenvalue weighted by Gasteiger charge is 2.18. The lowest BCUT2D eigenvalue weighted by Crippen LogP contribution is -2.25. The summed E-state index contributed by atoms with van der Waals surface area (Å²) >= 11 is 6.49. The van der Waals surface area contributed by atoms with Crippen molar-refractivity contribution in [3.8, 4) is 17.1 Å². The van der Waals surface area contributed by atoms with Gasteiger partial charge in [-0.3, -0.25) is 4.21 Å². The third-order valence-electron chi connectivity index (χ3n) is 6.28. The van der Waals surface area contributed by atoms with E-state index in [9.17, 15) is 8.60 Å². The van der Waals surface area contributed by atoms with Crippen molar-refractivity contribution in [1.29, 1.82) is 0 Å². The average Bonchev–Trinajstić information content (AvgIpc) is 3.45. The van der Waals surface area contributed by atoms with Crippen LogP contribution >= 0.6 is 11.6 Å². The maximum Gasteiger partial charge on any atom is 0.141 e. The first-order valence-corrected chi connectivity index (χ1v) is 14.9. The van der Waals surface area contributed by atoms with Crippen LogP contribution in [0, 0.1) is 5.82 Å². The molecule has 0 aliphatic rings. The van der Waals surface area contributed by atoms with E-state index in [-0.39, 0.29) is 18.5 Å². The minimum absolute atomic E-state index is 0.194. The predicted molar refractivity (Wildman–Crippen MR) is 163 cm³/mol. The minimum Gasteiger partial charge on any atom is -0.487 e. The van der Waals surface area contributed by atoms with E-state index < -0.39 is 10.8 Å². The van der Waals surface area contributed by atoms with Gasteiger partial charge in [-0.05, 0) is 66.2 Å². The number of benzene rings is 3. The molecule has 0 spiro atoms. The molecule has 0 amide bonds. The first-order valence-electron chi connectivity index (χ1n) is 12.8. The summed E-state index contributed by atoms with van der Waals surface area (Å²) in [6, 6.07) is 21.0. The largest absolute Gasteiger partial charge is 0.487 e. The Morgan fingerprint density at radius 1 is 1.12 bits per heavy atom. The van der Waals surface area contributed by atoms with E-state index in [1.165, 1.54) is 18.5 Å². The Morgan fingerprint density at radius 2 is 2.00 bits per heavy atom. The molecular formula is C31H28ClFN4O3S. The van der Waals surface area contributed by atoms with Crippen LogP contribution in [0.15, 0.2) is 96.2 Å². The molecule has 1 unspecified atom stereocenters. The Balaban J connectivity index is 1.36. The molecule has 2 atom stereocenters. The van der Waals surface area contributed by atoms with E-state index in [0.717, 1.165) is 16.5 Å². The lowest BCUT2D eigenvalue weighted by molar-refractivity contribution is 0.306. The smallest absolute Gasteiger partial charge is 0.141 e. The summed E-state index contributed by atoms with van der Waals surface area (Å²) in [6.07, 6.45) is 4.92. The Morgan fingerprint density at radius 3 is 2.78 bits per heavy atom. The number of nitrogens with one attached hydrogen (secondary N) is 2. The molecule has 41 heavy (non-hydrogen) atoms. The van der Waals surface area contributed by atoms with Crippen LogP contribution in [-0.2, 0) is 17.4 Å². The van der Waals surface area contributed by atoms with Gasteiger partial charge in [0.05, 0.1) is 16.6 Å². The normalized spacial score (nSPS) is 12.7. The third kappa shape index (κ3) is 7.18. The average molecular weight is 591 g/mol. The van der Waals surface area contributed by atoms with Crippen molar-refractivity contribution in [3.63, 3.8) is 0 Å². The van der Waals surface area contributed by atoms with Crippen LogP contribution in [0.4, 0.5) is 15.9 Å². The van der Waals surface area contributed by atoms with Crippen molar-refractivity contribution in [2.24, 2.45) is 0 Å². The number of anilines is 2. The molecule has 210 valence electrons. The van der Waals surface area contributed by atoms with Gasteiger partial charge in [-0.1, -0.05) is 29.8 Å². The van der Waals surface area contributed by atoms with Crippen molar-refractivity contribution in [3.05, 3.63) is 114 Å². The number of rotatable bonds is 12. The number of fused-ring (bicyclic) bond motifs is 1. The van der Waals surface area contributed by atoms with Crippen molar-refractivity contribution >= 4 is 44.8 Å². The van der Waals surface area contributed by atoms with E-state index in [1.54, 1.807) is 36.6 Å². The highest BCUT2D eigenvalue weighted by atomic mass is 35.5. The van der Waals surface area contributed by atoms with E-state index in [2.05, 4.69) is 27.2 Å². The molecule has 3 aromatic carbocycles. The lowest BCUT2D eigenvalue weighted by atomic mass is 10.1. The fraction of sp³-hybridized carbons (Fsp3) is 0.161. The molecule has 5 rings (SSSR count). The van der Waals surface area contributed by atoms with E-state index in [0.29, 0.717) is 51.7 Å². The second kappa shape index (κ2) is 13.1. The predicted octanol–water partition coefficient (Wildman–Crippen LogP) is 7.20. The summed E-state index contributed by atoms with van der Waals surface area (Å²) < 4.78 is 37.3. The van der Waals surface area contributed by atoms with Gasteiger partial charge < -0.3 is 19.8 Å². The summed E-state index contributed by atoms with van der Waals surface area (Å²) in [5.74, 6) is 2.57. The molecule has 0 aliphatic heterocycles. The number of halogens is 2. The minimum atomic E-state index is -1.00. The number of ether oxygens (including phenoxy) is 1. The Hall–Kier alpha value is -4.05. The van der Waals surface area contributed by atoms with Gasteiger partial charge in [0.15, 0.2) is 0 Å². The molecule has 0 aliphatic carbocycles. The van der Waals surface area contributed by atoms with Crippen molar-refractivity contribution in [1.82, 2.24) is 15.3 Å². The number of aromatic nitrogens is 2. The van der Waals surface area contributed by atoms with Gasteiger partial charge in [0.2, 0.25) is 0 Å². The number of furan rings is 1. The molecule has 7 nitrogen and oxygen atoms in total. The van der Waals surface area contributed by atoms with Crippen LogP contribution in [0.1, 0.15) is 17.4 Å². The van der Waals surface area contributed by atoms with Crippen LogP contribution in [0.2, 0.25) is 5.02 Å². The van der Waals surface area contributed by atoms with Crippen molar-refractivity contribution in [2.75, 3.05) is 23.9 Å². The Kier molecular flexibility index (Phi) is 9.08. The molecule has 0 saturated heterocycles. The summed E-state index contributed by atoms with van der Waals surface area (Å²) in [4.78, 5) is 8.86. The van der Waals surface area contributed by atoms with Gasteiger partial charge in [0.25, 0.3) is 0 Å². The topological polar surface area (TPSA) is 89.3 Å². The van der Waals surface area contributed by atoms with E-state index >= 15 is 0 Å². The number of hydrogen-bond acceptors (Lipinski definition) is 7. The monoisotopic (exact) mass is 590 g/mol. The summed E-state index contributed by atoms with van der Waals surface area (Å²) in [7, 11) is -1.00. The highest BCUT2D eigenvalue weighted by molar-refractivity contribution is 7.84. The summed E-state index contributed by atoms with van der Waals surface area (Å²) in [6.45, 7) is 4.51. The maximum atomic E-state index is 13.5. The van der Waals surface area contributed by atoms with Gasteiger partial charge in [0, 0.05) is 46.0 Å². The van der Waals surface area contributed by atoms with Gasteiger partial charge >= 0.3 is 0 Å². The second-order valence-electron chi connectivity index (χ2n) is 9.33. The van der Waals surface area contributed by atoms with Crippen LogP contribution in [0.5, 0.6) is 5.75 Å². The SMILES string of the molecule is C=CCN[C@H](CS(C)=O)c1ccc(-c2ccc3ncnc(Nc4ccc(OCc5cccc(F)c5)c(Cl)c4)c3c2)o1. The zero-order valence-electron chi connectivity index (χ0n) is 22.3. The van der Waals surface area contributed by atoms with Gasteiger partial charge in [-0.2, -0.15) is 0 Å². The zero-order chi connectivity index (χ0) is 28.8. The zero-order valence-corrected chi connectivity index (χ0v) is 23.8. The molecule has 2 aromatic heterocycles. The van der Waals surface area contributed by atoms with Crippen LogP contribution in [0.25, 0.3) is 22.2 Å². The lowest BCUT2D eigenvalue weighted by Gasteiger charge is -2.14. The Labute approximate surface area is 244 Å². The maximum absolute atomic E-state index is 13.5. The summed E-state index contributed by atoms with van der Waals surface area (Å²) in [5, 5.41) is 7.82. The number of nitrogens with zero attached hydrogens (tertiary/aromatic N) is 2. The number of hydrogen-bond donors (Lipinski definition) is 2. The fourth-order valence-electron chi connectivity index (χ4n) is 4.33. The van der Waals surface area contributed by atoms with Gasteiger partial charge in [-0.25, -0.2) is 14.4 Å². The quantitative estimate of drug-likeness (QED) is 0.149. The van der Waals surface area contributed by atoms with E-state index in [1.807, 2.05) is 36.4 Å². The highest BCUT2D eigenvalue weighted by Crippen LogP contribution is 2.33. The van der Waals surface area contributed by atoms with Gasteiger partial charge in [0.1, 0.15) is 41.8 Å². The molecule has 0 fully saturated rings. The molecule has 0 radical (unpaired) electrons. The van der Waals surface area contributed by atoms with Crippen LogP contribution in [0.3, 0.4) is 0 Å². The van der Waals surface area contributed by atoms with Crippen molar-refractivity contribution in [2.45, 2.75) is 12.6 Å². The molecular weight excluding hydrogens is 563 g/mol. The fourth-order valence-corrected chi connectivity index (χ4v) is 5.31. The third-order valence-corrected chi connectivity index (χ3v) is 7.38.